The van der Waals surface area contributed by atoms with Crippen LogP contribution in [0.25, 0.3) is 11.2 Å². The average Bonchev–Trinajstić information content (AvgIpc) is 2.77. The van der Waals surface area contributed by atoms with Gasteiger partial charge in [0.05, 0.1) is 5.56 Å². The molecule has 0 bridgehead atoms. The maximum Gasteiger partial charge on any atom is 0.423 e. The molecule has 34 heavy (non-hydrogen) atoms. The smallest absolute Gasteiger partial charge is 0.414 e. The number of nitrogens with one attached hydrogen (secondary N) is 2. The number of rotatable bonds is 7. The van der Waals surface area contributed by atoms with Crippen molar-refractivity contribution in [2.75, 3.05) is 32.5 Å². The fourth-order valence-corrected chi connectivity index (χ4v) is 3.33. The molecule has 3 rings (SSSR count). The summed E-state index contributed by atoms with van der Waals surface area (Å²) in [6.45, 7) is 7.39. The van der Waals surface area contributed by atoms with Crippen LogP contribution in [0.2, 0.25) is 0 Å². The molecule has 3 aromatic rings. The first-order chi connectivity index (χ1) is 16.0. The van der Waals surface area contributed by atoms with Crippen LogP contribution in [-0.4, -0.2) is 43.9 Å². The van der Waals surface area contributed by atoms with Crippen molar-refractivity contribution in [1.29, 1.82) is 0 Å². The summed E-state index contributed by atoms with van der Waals surface area (Å²) in [6, 6.07) is 9.83. The van der Waals surface area contributed by atoms with Crippen LogP contribution >= 0.6 is 0 Å². The van der Waals surface area contributed by atoms with Crippen LogP contribution in [0.5, 0.6) is 0 Å². The lowest BCUT2D eigenvalue weighted by Crippen LogP contribution is -2.28. The molecular weight excluding hydrogens is 438 g/mol. The SMILES string of the molecule is CN(C)CCCNC(=O)c1ccc2oc(=O)c(=O)oc2c1NC(=O)c1ccc(C(C)(C)C)cc1. The second-order valence-electron chi connectivity index (χ2n) is 9.29. The number of carbonyl (C=O) groups excluding carboxylic acids is 2. The molecule has 1 aromatic heterocycles. The standard InChI is InChI=1S/C25H29N3O6/c1-25(2,3)16-9-7-15(8-10-16)21(29)27-19-17(22(30)26-13-6-14-28(4)5)11-12-18-20(19)34-24(32)23(31)33-18/h7-12H,6,13-14H2,1-5H3,(H,26,30)(H,27,29). The van der Waals surface area contributed by atoms with E-state index in [2.05, 4.69) is 31.4 Å². The molecule has 0 spiro atoms. The average molecular weight is 468 g/mol. The van der Waals surface area contributed by atoms with E-state index >= 15 is 0 Å². The van der Waals surface area contributed by atoms with Gasteiger partial charge in [-0.15, -0.1) is 0 Å². The van der Waals surface area contributed by atoms with Gasteiger partial charge in [0.15, 0.2) is 11.2 Å². The zero-order chi connectivity index (χ0) is 25.0. The van der Waals surface area contributed by atoms with E-state index in [-0.39, 0.29) is 27.8 Å². The van der Waals surface area contributed by atoms with Gasteiger partial charge in [0, 0.05) is 12.1 Å². The van der Waals surface area contributed by atoms with Crippen LogP contribution in [0.4, 0.5) is 5.69 Å². The normalized spacial score (nSPS) is 11.6. The van der Waals surface area contributed by atoms with Crippen molar-refractivity contribution in [2.24, 2.45) is 0 Å². The van der Waals surface area contributed by atoms with Gasteiger partial charge in [-0.3, -0.25) is 9.59 Å². The zero-order valence-electron chi connectivity index (χ0n) is 20.0. The van der Waals surface area contributed by atoms with Gasteiger partial charge in [0.2, 0.25) is 0 Å². The highest BCUT2D eigenvalue weighted by atomic mass is 16.5. The molecule has 2 N–H and O–H groups in total. The largest absolute Gasteiger partial charge is 0.423 e. The summed E-state index contributed by atoms with van der Waals surface area (Å²) in [4.78, 5) is 51.3. The van der Waals surface area contributed by atoms with Crippen LogP contribution in [0.15, 0.2) is 54.8 Å². The topological polar surface area (TPSA) is 122 Å². The molecule has 0 radical (unpaired) electrons. The number of hydrogen-bond acceptors (Lipinski definition) is 7. The van der Waals surface area contributed by atoms with E-state index in [1.54, 1.807) is 12.1 Å². The highest BCUT2D eigenvalue weighted by molar-refractivity contribution is 6.13. The second kappa shape index (κ2) is 10.0. The zero-order valence-corrected chi connectivity index (χ0v) is 20.0. The lowest BCUT2D eigenvalue weighted by atomic mass is 9.86. The fourth-order valence-electron chi connectivity index (χ4n) is 3.33. The molecule has 0 unspecified atom stereocenters. The summed E-state index contributed by atoms with van der Waals surface area (Å²) in [7, 11) is 3.87. The number of fused-ring (bicyclic) bond motifs is 1. The first-order valence-corrected chi connectivity index (χ1v) is 10.9. The number of anilines is 1. The molecule has 9 heteroatoms. The van der Waals surface area contributed by atoms with Crippen molar-refractivity contribution in [3.63, 3.8) is 0 Å². The summed E-state index contributed by atoms with van der Waals surface area (Å²) in [6.07, 6.45) is 0.720. The third kappa shape index (κ3) is 5.79. The lowest BCUT2D eigenvalue weighted by Gasteiger charge is -2.19. The van der Waals surface area contributed by atoms with Gasteiger partial charge in [0.25, 0.3) is 11.8 Å². The highest BCUT2D eigenvalue weighted by Crippen LogP contribution is 2.28. The van der Waals surface area contributed by atoms with Gasteiger partial charge < -0.3 is 24.4 Å². The van der Waals surface area contributed by atoms with Crippen LogP contribution in [-0.2, 0) is 5.41 Å². The first kappa shape index (κ1) is 24.9. The molecule has 0 aliphatic heterocycles. The molecule has 180 valence electrons. The predicted molar refractivity (Wildman–Crippen MR) is 130 cm³/mol. The monoisotopic (exact) mass is 467 g/mol. The van der Waals surface area contributed by atoms with E-state index in [0.29, 0.717) is 12.1 Å². The summed E-state index contributed by atoms with van der Waals surface area (Å²) in [5.74, 6) is -0.976. The van der Waals surface area contributed by atoms with Gasteiger partial charge in [-0.2, -0.15) is 0 Å². The molecule has 9 nitrogen and oxygen atoms in total. The molecule has 2 aromatic carbocycles. The number of hydrogen-bond donors (Lipinski definition) is 2. The number of nitrogens with zero attached hydrogens (tertiary/aromatic N) is 1. The van der Waals surface area contributed by atoms with Crippen LogP contribution in [0.1, 0.15) is 53.5 Å². The Morgan fingerprint density at radius 2 is 1.56 bits per heavy atom. The van der Waals surface area contributed by atoms with E-state index in [4.69, 9.17) is 8.83 Å². The van der Waals surface area contributed by atoms with Crippen molar-refractivity contribution >= 4 is 28.7 Å². The molecule has 0 saturated heterocycles. The van der Waals surface area contributed by atoms with Gasteiger partial charge >= 0.3 is 11.3 Å². The Morgan fingerprint density at radius 3 is 2.18 bits per heavy atom. The Hall–Kier alpha value is -3.72. The highest BCUT2D eigenvalue weighted by Gasteiger charge is 2.22. The third-order valence-electron chi connectivity index (χ3n) is 5.25. The van der Waals surface area contributed by atoms with E-state index < -0.39 is 23.1 Å². The Balaban J connectivity index is 1.97. The van der Waals surface area contributed by atoms with E-state index in [0.717, 1.165) is 18.5 Å². The number of benzene rings is 2. The fraction of sp³-hybridized carbons (Fsp3) is 0.360. The van der Waals surface area contributed by atoms with E-state index in [1.165, 1.54) is 12.1 Å². The summed E-state index contributed by atoms with van der Waals surface area (Å²) >= 11 is 0. The van der Waals surface area contributed by atoms with E-state index in [1.807, 2.05) is 31.1 Å². The first-order valence-electron chi connectivity index (χ1n) is 10.9. The summed E-state index contributed by atoms with van der Waals surface area (Å²) in [5, 5.41) is 5.46. The summed E-state index contributed by atoms with van der Waals surface area (Å²) < 4.78 is 10.1. The molecular formula is C25H29N3O6. The van der Waals surface area contributed by atoms with Gasteiger partial charge in [0.1, 0.15) is 5.69 Å². The van der Waals surface area contributed by atoms with Crippen molar-refractivity contribution < 1.29 is 18.4 Å². The number of amides is 2. The number of carbonyl (C=O) groups is 2. The Kier molecular flexibility index (Phi) is 7.36. The second-order valence-corrected chi connectivity index (χ2v) is 9.29. The van der Waals surface area contributed by atoms with Crippen LogP contribution in [0.3, 0.4) is 0 Å². The molecule has 0 aliphatic rings. The minimum absolute atomic E-state index is 0.0478. The van der Waals surface area contributed by atoms with Gasteiger partial charge in [-0.05, 0) is 62.3 Å². The van der Waals surface area contributed by atoms with E-state index in [9.17, 15) is 19.2 Å². The van der Waals surface area contributed by atoms with Crippen molar-refractivity contribution in [3.8, 4) is 0 Å². The maximum atomic E-state index is 13.0. The van der Waals surface area contributed by atoms with Crippen molar-refractivity contribution in [2.45, 2.75) is 32.6 Å². The Bertz CT molecular complexity index is 1310. The van der Waals surface area contributed by atoms with Crippen LogP contribution in [0, 0.1) is 0 Å². The molecule has 1 heterocycles. The quantitative estimate of drug-likeness (QED) is 0.405. The molecule has 0 fully saturated rings. The van der Waals surface area contributed by atoms with Crippen molar-refractivity contribution in [1.82, 2.24) is 10.2 Å². The predicted octanol–water partition coefficient (Wildman–Crippen LogP) is 2.98. The molecule has 0 saturated carbocycles. The summed E-state index contributed by atoms with van der Waals surface area (Å²) in [5.41, 5.74) is -1.31. The van der Waals surface area contributed by atoms with Gasteiger partial charge in [-0.25, -0.2) is 9.59 Å². The molecule has 2 amide bonds. The maximum absolute atomic E-state index is 13.0. The van der Waals surface area contributed by atoms with Crippen molar-refractivity contribution in [3.05, 3.63) is 73.9 Å². The Morgan fingerprint density at radius 1 is 0.912 bits per heavy atom. The lowest BCUT2D eigenvalue weighted by molar-refractivity contribution is 0.0953. The minimum atomic E-state index is -1.24. The van der Waals surface area contributed by atoms with Gasteiger partial charge in [-0.1, -0.05) is 32.9 Å². The molecule has 0 atom stereocenters. The third-order valence-corrected chi connectivity index (χ3v) is 5.25. The Labute approximate surface area is 196 Å². The minimum Gasteiger partial charge on any atom is -0.414 e. The molecule has 0 aliphatic carbocycles. The van der Waals surface area contributed by atoms with Crippen LogP contribution < -0.4 is 21.9 Å².